The van der Waals surface area contributed by atoms with E-state index in [9.17, 15) is 9.59 Å². The van der Waals surface area contributed by atoms with Gasteiger partial charge >= 0.3 is 19.1 Å². The van der Waals surface area contributed by atoms with Gasteiger partial charge in [-0.15, -0.1) is 0 Å². The van der Waals surface area contributed by atoms with Gasteiger partial charge in [0.2, 0.25) is 0 Å². The Labute approximate surface area is 195 Å². The molecular formula is C25H31BO7. The highest BCUT2D eigenvalue weighted by Crippen LogP contribution is 2.14. The third kappa shape index (κ3) is 8.00. The molecule has 7 nitrogen and oxygen atoms in total. The van der Waals surface area contributed by atoms with Crippen LogP contribution in [-0.4, -0.2) is 45.5 Å². The zero-order valence-corrected chi connectivity index (χ0v) is 19.3. The molecule has 8 heteroatoms. The van der Waals surface area contributed by atoms with Crippen LogP contribution >= 0.6 is 0 Å². The van der Waals surface area contributed by atoms with Crippen molar-refractivity contribution in [2.24, 2.45) is 5.92 Å². The first-order valence-electron chi connectivity index (χ1n) is 11.5. The summed E-state index contributed by atoms with van der Waals surface area (Å²) in [5.41, 5.74) is 2.30. The van der Waals surface area contributed by atoms with Crippen LogP contribution in [0.5, 0.6) is 5.75 Å². The van der Waals surface area contributed by atoms with Gasteiger partial charge in [0.25, 0.3) is 0 Å². The fourth-order valence-corrected chi connectivity index (χ4v) is 3.11. The third-order valence-electron chi connectivity index (χ3n) is 5.34. The number of carbonyl (C=O) groups excluding carboxylic acids is 2. The van der Waals surface area contributed by atoms with Crippen LogP contribution in [-0.2, 0) is 30.2 Å². The van der Waals surface area contributed by atoms with Gasteiger partial charge in [-0.25, -0.2) is 4.79 Å². The first kappa shape index (κ1) is 25.0. The van der Waals surface area contributed by atoms with Crippen molar-refractivity contribution in [3.8, 4) is 5.75 Å². The second kappa shape index (κ2) is 13.1. The molecule has 0 spiro atoms. The van der Waals surface area contributed by atoms with Crippen LogP contribution in [0.15, 0.2) is 48.5 Å². The van der Waals surface area contributed by atoms with Crippen LogP contribution in [0.4, 0.5) is 0 Å². The Balaban J connectivity index is 1.37. The maximum Gasteiger partial charge on any atom is 0.493 e. The lowest BCUT2D eigenvalue weighted by Crippen LogP contribution is -2.40. The van der Waals surface area contributed by atoms with E-state index in [-0.39, 0.29) is 19.0 Å². The molecule has 1 fully saturated rings. The molecule has 1 saturated heterocycles. The minimum absolute atomic E-state index is 0.0683. The van der Waals surface area contributed by atoms with Crippen LogP contribution in [0.3, 0.4) is 0 Å². The summed E-state index contributed by atoms with van der Waals surface area (Å²) in [6, 6.07) is 14.2. The Kier molecular flexibility index (Phi) is 9.93. The Morgan fingerprint density at radius 2 is 1.70 bits per heavy atom. The molecule has 0 aromatic heterocycles. The number of carbonyl (C=O) groups is 2. The van der Waals surface area contributed by atoms with Crippen LogP contribution < -0.4 is 10.2 Å². The lowest BCUT2D eigenvalue weighted by Gasteiger charge is -2.19. The second-order valence-corrected chi connectivity index (χ2v) is 7.97. The SMILES string of the molecule is CCC(C)C(=O)OCCCOCc1ccc(C(=O)Oc2ccc(B3OCCCO3)cc2)cc1. The third-order valence-corrected chi connectivity index (χ3v) is 5.34. The molecule has 33 heavy (non-hydrogen) atoms. The van der Waals surface area contributed by atoms with E-state index in [1.165, 1.54) is 0 Å². The topological polar surface area (TPSA) is 80.3 Å². The maximum atomic E-state index is 12.4. The van der Waals surface area contributed by atoms with Gasteiger partial charge in [-0.2, -0.15) is 0 Å². The molecule has 1 aliphatic heterocycles. The summed E-state index contributed by atoms with van der Waals surface area (Å²) < 4.78 is 27.4. The summed E-state index contributed by atoms with van der Waals surface area (Å²) in [5.74, 6) is -0.200. The van der Waals surface area contributed by atoms with Crippen LogP contribution in [0, 0.1) is 5.92 Å². The molecule has 0 radical (unpaired) electrons. The van der Waals surface area contributed by atoms with Crippen molar-refractivity contribution in [3.63, 3.8) is 0 Å². The Hall–Kier alpha value is -2.68. The number of hydrogen-bond donors (Lipinski definition) is 0. The van der Waals surface area contributed by atoms with Gasteiger partial charge in [-0.3, -0.25) is 4.79 Å². The van der Waals surface area contributed by atoms with E-state index in [1.54, 1.807) is 24.3 Å². The molecule has 2 aromatic carbocycles. The highest BCUT2D eigenvalue weighted by molar-refractivity contribution is 6.61. The van der Waals surface area contributed by atoms with E-state index in [4.69, 9.17) is 23.5 Å². The Morgan fingerprint density at radius 3 is 2.36 bits per heavy atom. The second-order valence-electron chi connectivity index (χ2n) is 7.97. The average Bonchev–Trinajstić information content (AvgIpc) is 2.86. The molecule has 0 N–H and O–H groups in total. The normalized spacial score (nSPS) is 14.5. The molecule has 0 saturated carbocycles. The Bertz CT molecular complexity index is 877. The van der Waals surface area contributed by atoms with E-state index in [0.717, 1.165) is 23.9 Å². The number of benzene rings is 2. The van der Waals surface area contributed by atoms with Gasteiger partial charge in [0.05, 0.1) is 31.3 Å². The number of ether oxygens (including phenoxy) is 3. The van der Waals surface area contributed by atoms with Crippen molar-refractivity contribution in [2.45, 2.75) is 39.7 Å². The molecule has 1 aliphatic rings. The zero-order chi connectivity index (χ0) is 23.5. The van der Waals surface area contributed by atoms with Gasteiger partial charge in [0.1, 0.15) is 5.75 Å². The standard InChI is InChI=1S/C25H31BO7/c1-3-19(2)24(27)30-15-4-14-29-18-20-6-8-21(9-7-20)25(28)33-23-12-10-22(11-13-23)26-31-16-5-17-32-26/h6-13,19H,3-5,14-18H2,1-2H3. The molecule has 176 valence electrons. The molecule has 2 aromatic rings. The molecule has 1 unspecified atom stereocenters. The molecule has 0 amide bonds. The van der Waals surface area contributed by atoms with Gasteiger partial charge in [-0.05, 0) is 48.1 Å². The van der Waals surface area contributed by atoms with Crippen molar-refractivity contribution in [3.05, 3.63) is 59.7 Å². The summed E-state index contributed by atoms with van der Waals surface area (Å²) in [4.78, 5) is 24.0. The van der Waals surface area contributed by atoms with E-state index in [1.807, 2.05) is 38.1 Å². The predicted octanol–water partition coefficient (Wildman–Crippen LogP) is 3.53. The van der Waals surface area contributed by atoms with E-state index in [2.05, 4.69) is 0 Å². The van der Waals surface area contributed by atoms with Gasteiger partial charge in [-0.1, -0.05) is 38.1 Å². The number of rotatable bonds is 11. The smallest absolute Gasteiger partial charge is 0.465 e. The zero-order valence-electron chi connectivity index (χ0n) is 19.3. The van der Waals surface area contributed by atoms with Crippen molar-refractivity contribution in [1.82, 2.24) is 0 Å². The first-order chi connectivity index (χ1) is 16.1. The quantitative estimate of drug-likeness (QED) is 0.222. The van der Waals surface area contributed by atoms with E-state index < -0.39 is 5.97 Å². The molecule has 0 aliphatic carbocycles. The van der Waals surface area contributed by atoms with E-state index >= 15 is 0 Å². The Morgan fingerprint density at radius 1 is 1.00 bits per heavy atom. The van der Waals surface area contributed by atoms with E-state index in [0.29, 0.717) is 50.8 Å². The summed E-state index contributed by atoms with van der Waals surface area (Å²) >= 11 is 0. The average molecular weight is 454 g/mol. The monoisotopic (exact) mass is 454 g/mol. The molecule has 1 heterocycles. The van der Waals surface area contributed by atoms with Crippen molar-refractivity contribution in [1.29, 1.82) is 0 Å². The first-order valence-corrected chi connectivity index (χ1v) is 11.5. The fraction of sp³-hybridized carbons (Fsp3) is 0.440. The molecule has 0 bridgehead atoms. The van der Waals surface area contributed by atoms with Crippen molar-refractivity contribution >= 4 is 24.5 Å². The van der Waals surface area contributed by atoms with Crippen LogP contribution in [0.1, 0.15) is 49.0 Å². The largest absolute Gasteiger partial charge is 0.493 e. The van der Waals surface area contributed by atoms with Crippen LogP contribution in [0.25, 0.3) is 0 Å². The summed E-state index contributed by atoms with van der Waals surface area (Å²) in [5, 5.41) is 0. The highest BCUT2D eigenvalue weighted by Gasteiger charge is 2.24. The fourth-order valence-electron chi connectivity index (χ4n) is 3.11. The summed E-state index contributed by atoms with van der Waals surface area (Å²) in [6.45, 7) is 6.44. The minimum Gasteiger partial charge on any atom is -0.465 e. The van der Waals surface area contributed by atoms with Crippen molar-refractivity contribution in [2.75, 3.05) is 26.4 Å². The number of esters is 2. The number of hydrogen-bond acceptors (Lipinski definition) is 7. The minimum atomic E-state index is -0.427. The summed E-state index contributed by atoms with van der Waals surface area (Å²) in [6.07, 6.45) is 2.31. The maximum absolute atomic E-state index is 12.4. The lowest BCUT2D eigenvalue weighted by molar-refractivity contribution is -0.148. The van der Waals surface area contributed by atoms with Gasteiger partial charge in [0.15, 0.2) is 0 Å². The van der Waals surface area contributed by atoms with Gasteiger partial charge < -0.3 is 23.5 Å². The molecule has 3 rings (SSSR count). The highest BCUT2D eigenvalue weighted by atomic mass is 16.6. The molecular weight excluding hydrogens is 423 g/mol. The molecule has 1 atom stereocenters. The lowest BCUT2D eigenvalue weighted by atomic mass is 9.78. The van der Waals surface area contributed by atoms with Crippen molar-refractivity contribution < 1.29 is 33.1 Å². The van der Waals surface area contributed by atoms with Crippen LogP contribution in [0.2, 0.25) is 0 Å². The van der Waals surface area contributed by atoms with Gasteiger partial charge in [0, 0.05) is 19.6 Å². The predicted molar refractivity (Wildman–Crippen MR) is 124 cm³/mol. The summed E-state index contributed by atoms with van der Waals surface area (Å²) in [7, 11) is -0.363.